The topological polar surface area (TPSA) is 54.0 Å². The zero-order valence-electron chi connectivity index (χ0n) is 16.8. The van der Waals surface area contributed by atoms with Crippen LogP contribution >= 0.6 is 11.6 Å². The summed E-state index contributed by atoms with van der Waals surface area (Å²) in [6.45, 7) is 4.59. The number of rotatable bonds is 8. The van der Waals surface area contributed by atoms with Crippen molar-refractivity contribution in [1.29, 1.82) is 0 Å². The summed E-state index contributed by atoms with van der Waals surface area (Å²) in [6.07, 6.45) is 0.0620. The molecule has 1 aliphatic rings. The van der Waals surface area contributed by atoms with Crippen LogP contribution in [-0.2, 0) is 25.6 Å². The average molecular weight is 419 g/mol. The summed E-state index contributed by atoms with van der Waals surface area (Å²) in [6, 6.07) is 16.5. The summed E-state index contributed by atoms with van der Waals surface area (Å²) >= 11 is 6.23. The fourth-order valence-corrected chi connectivity index (χ4v) is 3.42. The van der Waals surface area contributed by atoms with Gasteiger partial charge in [0.15, 0.2) is 6.29 Å². The van der Waals surface area contributed by atoms with Crippen LogP contribution < -0.4 is 0 Å². The third kappa shape index (κ3) is 6.03. The van der Waals surface area contributed by atoms with E-state index in [9.17, 15) is 4.79 Å². The zero-order chi connectivity index (χ0) is 20.6. The highest BCUT2D eigenvalue weighted by Gasteiger charge is 2.38. The molecule has 0 N–H and O–H groups in total. The van der Waals surface area contributed by atoms with Gasteiger partial charge in [-0.25, -0.2) is 4.79 Å². The van der Waals surface area contributed by atoms with Crippen molar-refractivity contribution >= 4 is 17.6 Å². The lowest BCUT2D eigenvalue weighted by Gasteiger charge is -2.38. The van der Waals surface area contributed by atoms with Crippen LogP contribution in [0.1, 0.15) is 42.6 Å². The van der Waals surface area contributed by atoms with E-state index in [0.717, 1.165) is 18.4 Å². The molecule has 3 rings (SSSR count). The number of halogens is 1. The smallest absolute Gasteiger partial charge is 0.338 e. The molecule has 0 bridgehead atoms. The first-order chi connectivity index (χ1) is 14.1. The molecule has 0 saturated carbocycles. The van der Waals surface area contributed by atoms with Crippen molar-refractivity contribution in [3.63, 3.8) is 0 Å². The second kappa shape index (κ2) is 10.7. The maximum Gasteiger partial charge on any atom is 0.338 e. The Hall–Kier alpha value is -1.92. The molecule has 0 spiro atoms. The van der Waals surface area contributed by atoms with E-state index in [-0.39, 0.29) is 18.4 Å². The first-order valence-electron chi connectivity index (χ1n) is 9.96. The van der Waals surface area contributed by atoms with Crippen molar-refractivity contribution in [3.05, 3.63) is 70.7 Å². The second-order valence-corrected chi connectivity index (χ2v) is 7.48. The fourth-order valence-electron chi connectivity index (χ4n) is 3.23. The first kappa shape index (κ1) is 21.8. The summed E-state index contributed by atoms with van der Waals surface area (Å²) in [4.78, 5) is 12.5. The summed E-state index contributed by atoms with van der Waals surface area (Å²) in [5.74, 6) is -0.384. The van der Waals surface area contributed by atoms with Crippen LogP contribution in [0.25, 0.3) is 0 Å². The van der Waals surface area contributed by atoms with E-state index in [4.69, 9.17) is 30.5 Å². The Morgan fingerprint density at radius 3 is 2.62 bits per heavy atom. The lowest BCUT2D eigenvalue weighted by Crippen LogP contribution is -2.51. The number of hydrogen-bond acceptors (Lipinski definition) is 5. The number of benzene rings is 2. The van der Waals surface area contributed by atoms with Gasteiger partial charge in [0.05, 0.1) is 18.8 Å². The van der Waals surface area contributed by atoms with Gasteiger partial charge in [-0.2, -0.15) is 0 Å². The Morgan fingerprint density at radius 2 is 1.90 bits per heavy atom. The predicted octanol–water partition coefficient (Wildman–Crippen LogP) is 5.01. The Kier molecular flexibility index (Phi) is 8.07. The molecule has 1 aliphatic heterocycles. The number of esters is 1. The fraction of sp³-hybridized carbons (Fsp3) is 0.435. The molecular weight excluding hydrogens is 392 g/mol. The van der Waals surface area contributed by atoms with E-state index in [2.05, 4.69) is 6.92 Å². The van der Waals surface area contributed by atoms with Crippen molar-refractivity contribution < 1.29 is 23.7 Å². The minimum absolute atomic E-state index is 0.325. The van der Waals surface area contributed by atoms with E-state index < -0.39 is 12.2 Å². The highest BCUT2D eigenvalue weighted by atomic mass is 35.5. The molecule has 1 saturated heterocycles. The Labute approximate surface area is 176 Å². The molecule has 6 heteroatoms. The average Bonchev–Trinajstić information content (AvgIpc) is 2.74. The highest BCUT2D eigenvalue weighted by Crippen LogP contribution is 2.25. The minimum atomic E-state index is -0.498. The lowest BCUT2D eigenvalue weighted by molar-refractivity contribution is -0.280. The molecule has 0 amide bonds. The van der Waals surface area contributed by atoms with Gasteiger partial charge in [-0.15, -0.1) is 0 Å². The van der Waals surface area contributed by atoms with Crippen LogP contribution in [0.2, 0.25) is 5.02 Å². The monoisotopic (exact) mass is 418 g/mol. The van der Waals surface area contributed by atoms with Crippen LogP contribution in [0.4, 0.5) is 0 Å². The number of ether oxygens (including phenoxy) is 4. The van der Waals surface area contributed by atoms with Crippen molar-refractivity contribution in [1.82, 2.24) is 0 Å². The molecule has 0 radical (unpaired) electrons. The van der Waals surface area contributed by atoms with Crippen molar-refractivity contribution in [2.45, 2.75) is 57.9 Å². The number of carbonyl (C=O) groups is 1. The molecule has 156 valence electrons. The van der Waals surface area contributed by atoms with Crippen LogP contribution in [0.3, 0.4) is 0 Å². The quantitative estimate of drug-likeness (QED) is 0.564. The third-order valence-corrected chi connectivity index (χ3v) is 5.19. The summed E-state index contributed by atoms with van der Waals surface area (Å²) in [5.41, 5.74) is 1.39. The van der Waals surface area contributed by atoms with E-state index in [0.29, 0.717) is 23.8 Å². The van der Waals surface area contributed by atoms with Crippen molar-refractivity contribution in [2.75, 3.05) is 6.61 Å². The van der Waals surface area contributed by atoms with Gasteiger partial charge in [-0.05, 0) is 37.1 Å². The van der Waals surface area contributed by atoms with Crippen molar-refractivity contribution in [2.24, 2.45) is 0 Å². The van der Waals surface area contributed by atoms with Crippen LogP contribution in [0, 0.1) is 0 Å². The van der Waals surface area contributed by atoms with E-state index in [1.165, 1.54) is 0 Å². The number of carbonyl (C=O) groups excluding carboxylic acids is 1. The Bertz CT molecular complexity index is 782. The molecule has 29 heavy (non-hydrogen) atoms. The SMILES string of the molecule is CCC[C@H]1OC[C@@H](OCc2ccccc2Cl)[C@@H](C(C)OC(=O)c2ccccc2)O1. The largest absolute Gasteiger partial charge is 0.456 e. The standard InChI is InChI=1S/C23H27ClO5/c1-3-9-21-27-15-20(26-14-18-12-7-8-13-19(18)24)22(29-21)16(2)28-23(25)17-10-5-4-6-11-17/h4-8,10-13,16,20-22H,3,9,14-15H2,1-2H3/t16?,20-,21+,22-/m1/s1. The van der Waals surface area contributed by atoms with Crippen LogP contribution in [-0.4, -0.2) is 37.2 Å². The van der Waals surface area contributed by atoms with Gasteiger partial charge in [0.25, 0.3) is 0 Å². The van der Waals surface area contributed by atoms with Gasteiger partial charge in [0.2, 0.25) is 0 Å². The van der Waals surface area contributed by atoms with Gasteiger partial charge >= 0.3 is 5.97 Å². The second-order valence-electron chi connectivity index (χ2n) is 7.07. The first-order valence-corrected chi connectivity index (χ1v) is 10.3. The van der Waals surface area contributed by atoms with E-state index >= 15 is 0 Å². The van der Waals surface area contributed by atoms with Gasteiger partial charge in [-0.1, -0.05) is 61.3 Å². The zero-order valence-corrected chi connectivity index (χ0v) is 17.5. The molecule has 5 nitrogen and oxygen atoms in total. The normalized spacial score (nSPS) is 22.8. The van der Waals surface area contributed by atoms with E-state index in [1.54, 1.807) is 24.3 Å². The molecule has 1 unspecified atom stereocenters. The van der Waals surface area contributed by atoms with Gasteiger partial charge < -0.3 is 18.9 Å². The third-order valence-electron chi connectivity index (χ3n) is 4.82. The maximum atomic E-state index is 12.5. The van der Waals surface area contributed by atoms with Gasteiger partial charge in [-0.3, -0.25) is 0 Å². The molecule has 0 aliphatic carbocycles. The lowest BCUT2D eigenvalue weighted by atomic mass is 10.1. The molecule has 4 atom stereocenters. The summed E-state index contributed by atoms with van der Waals surface area (Å²) in [7, 11) is 0. The summed E-state index contributed by atoms with van der Waals surface area (Å²) < 4.78 is 23.7. The molecule has 1 heterocycles. The predicted molar refractivity (Wildman–Crippen MR) is 111 cm³/mol. The number of hydrogen-bond donors (Lipinski definition) is 0. The minimum Gasteiger partial charge on any atom is -0.456 e. The van der Waals surface area contributed by atoms with Crippen LogP contribution in [0.5, 0.6) is 0 Å². The molecule has 0 aromatic heterocycles. The molecule has 2 aromatic rings. The summed E-state index contributed by atoms with van der Waals surface area (Å²) in [5, 5.41) is 0.647. The molecule has 1 fully saturated rings. The molecular formula is C23H27ClO5. The van der Waals surface area contributed by atoms with Gasteiger partial charge in [0, 0.05) is 5.02 Å². The Balaban J connectivity index is 1.67. The maximum absolute atomic E-state index is 12.5. The van der Waals surface area contributed by atoms with Crippen molar-refractivity contribution in [3.8, 4) is 0 Å². The Morgan fingerprint density at radius 1 is 1.17 bits per heavy atom. The highest BCUT2D eigenvalue weighted by molar-refractivity contribution is 6.31. The van der Waals surface area contributed by atoms with Gasteiger partial charge in [0.1, 0.15) is 18.3 Å². The molecule has 2 aromatic carbocycles. The van der Waals surface area contributed by atoms with Crippen LogP contribution in [0.15, 0.2) is 54.6 Å². The van der Waals surface area contributed by atoms with E-state index in [1.807, 2.05) is 37.3 Å².